The average Bonchev–Trinajstić information content (AvgIpc) is 3.06. The van der Waals surface area contributed by atoms with Gasteiger partial charge in [0.05, 0.1) is 10.7 Å². The molecule has 0 fully saturated rings. The molecule has 0 bridgehead atoms. The molecule has 4 rings (SSSR count). The Bertz CT molecular complexity index is 926. The minimum absolute atomic E-state index is 0.143. The molecule has 0 spiro atoms. The molecule has 1 heterocycles. The molecule has 0 radical (unpaired) electrons. The van der Waals surface area contributed by atoms with Crippen LogP contribution in [-0.2, 0) is 0 Å². The number of carbonyl (C=O) groups excluding carboxylic acids is 2. The molecule has 3 nitrogen and oxygen atoms in total. The third-order valence-electron chi connectivity index (χ3n) is 3.88. The first-order valence-corrected chi connectivity index (χ1v) is 7.20. The summed E-state index contributed by atoms with van der Waals surface area (Å²) in [6.07, 6.45) is 3.69. The number of carbonyl (C=O) groups is 2. The Kier molecular flexibility index (Phi) is 2.78. The fraction of sp³-hybridized carbons (Fsp3) is 0. The van der Waals surface area contributed by atoms with E-state index in [0.29, 0.717) is 33.0 Å². The van der Waals surface area contributed by atoms with Gasteiger partial charge in [0.25, 0.3) is 0 Å². The second kappa shape index (κ2) is 4.68. The van der Waals surface area contributed by atoms with Gasteiger partial charge in [-0.1, -0.05) is 35.9 Å². The highest BCUT2D eigenvalue weighted by molar-refractivity contribution is 6.35. The number of aromatic nitrogens is 1. The summed E-state index contributed by atoms with van der Waals surface area (Å²) in [7, 11) is 0. The Labute approximate surface area is 131 Å². The Balaban J connectivity index is 1.98. The molecular formula is C18H10ClNO2. The molecule has 1 aliphatic rings. The van der Waals surface area contributed by atoms with Gasteiger partial charge >= 0.3 is 0 Å². The van der Waals surface area contributed by atoms with Crippen molar-refractivity contribution in [1.82, 2.24) is 4.57 Å². The maximum absolute atomic E-state index is 12.7. The molecule has 0 saturated carbocycles. The summed E-state index contributed by atoms with van der Waals surface area (Å²) in [5.41, 5.74) is 2.33. The number of hydrogen-bond donors (Lipinski definition) is 0. The van der Waals surface area contributed by atoms with Gasteiger partial charge in [-0.2, -0.15) is 0 Å². The topological polar surface area (TPSA) is 39.1 Å². The first-order valence-electron chi connectivity index (χ1n) is 6.82. The zero-order chi connectivity index (χ0) is 15.3. The molecule has 0 aliphatic heterocycles. The molecule has 4 heteroatoms. The van der Waals surface area contributed by atoms with Crippen molar-refractivity contribution in [1.29, 1.82) is 0 Å². The van der Waals surface area contributed by atoms with Crippen molar-refractivity contribution in [2.75, 3.05) is 0 Å². The summed E-state index contributed by atoms with van der Waals surface area (Å²) in [6.45, 7) is 0. The van der Waals surface area contributed by atoms with E-state index in [1.165, 1.54) is 0 Å². The van der Waals surface area contributed by atoms with E-state index in [1.54, 1.807) is 36.4 Å². The van der Waals surface area contributed by atoms with E-state index in [4.69, 9.17) is 11.6 Å². The smallest absolute Gasteiger partial charge is 0.194 e. The van der Waals surface area contributed by atoms with E-state index in [2.05, 4.69) is 0 Å². The van der Waals surface area contributed by atoms with Crippen LogP contribution in [0.4, 0.5) is 0 Å². The molecule has 0 saturated heterocycles. The number of benzene rings is 2. The molecule has 0 amide bonds. The highest BCUT2D eigenvalue weighted by Crippen LogP contribution is 2.32. The van der Waals surface area contributed by atoms with Crippen LogP contribution < -0.4 is 0 Å². The summed E-state index contributed by atoms with van der Waals surface area (Å²) in [6, 6.07) is 13.9. The molecule has 0 unspecified atom stereocenters. The lowest BCUT2D eigenvalue weighted by Crippen LogP contribution is -2.21. The maximum atomic E-state index is 12.7. The van der Waals surface area contributed by atoms with Gasteiger partial charge in [-0.3, -0.25) is 9.59 Å². The fourth-order valence-corrected chi connectivity index (χ4v) is 3.06. The van der Waals surface area contributed by atoms with Crippen LogP contribution in [0.5, 0.6) is 0 Å². The van der Waals surface area contributed by atoms with Crippen LogP contribution in [-0.4, -0.2) is 16.1 Å². The van der Waals surface area contributed by atoms with Crippen LogP contribution in [0.2, 0.25) is 5.02 Å². The predicted octanol–water partition coefficient (Wildman–Crippen LogP) is 3.91. The van der Waals surface area contributed by atoms with E-state index < -0.39 is 0 Å². The van der Waals surface area contributed by atoms with E-state index >= 15 is 0 Å². The van der Waals surface area contributed by atoms with Crippen LogP contribution in [0, 0.1) is 0 Å². The molecule has 0 N–H and O–H groups in total. The van der Waals surface area contributed by atoms with E-state index in [0.717, 1.165) is 0 Å². The quantitative estimate of drug-likeness (QED) is 0.535. The Morgan fingerprint density at radius 3 is 1.86 bits per heavy atom. The van der Waals surface area contributed by atoms with E-state index in [-0.39, 0.29) is 11.6 Å². The Morgan fingerprint density at radius 1 is 0.727 bits per heavy atom. The lowest BCUT2D eigenvalue weighted by Gasteiger charge is -2.19. The molecule has 1 aromatic heterocycles. The number of hydrogen-bond acceptors (Lipinski definition) is 2. The lowest BCUT2D eigenvalue weighted by atomic mass is 9.84. The zero-order valence-corrected chi connectivity index (χ0v) is 12.2. The van der Waals surface area contributed by atoms with Crippen molar-refractivity contribution in [2.45, 2.75) is 0 Å². The standard InChI is InChI=1S/C18H10ClNO2/c19-15-9-13-14(10-16(15)20-7-3-4-8-20)18(22)12-6-2-1-5-11(12)17(13)21/h1-10H. The minimum Gasteiger partial charge on any atom is -0.322 e. The second-order valence-electron chi connectivity index (χ2n) is 5.14. The van der Waals surface area contributed by atoms with Crippen molar-refractivity contribution in [3.63, 3.8) is 0 Å². The van der Waals surface area contributed by atoms with Crippen molar-refractivity contribution < 1.29 is 9.59 Å². The van der Waals surface area contributed by atoms with Crippen molar-refractivity contribution in [2.24, 2.45) is 0 Å². The molecule has 3 aromatic rings. The molecule has 0 atom stereocenters. The van der Waals surface area contributed by atoms with Crippen LogP contribution in [0.25, 0.3) is 5.69 Å². The van der Waals surface area contributed by atoms with Gasteiger partial charge < -0.3 is 4.57 Å². The van der Waals surface area contributed by atoms with Crippen LogP contribution in [0.3, 0.4) is 0 Å². The Hall–Kier alpha value is -2.65. The van der Waals surface area contributed by atoms with Gasteiger partial charge in [-0.05, 0) is 24.3 Å². The largest absolute Gasteiger partial charge is 0.322 e. The summed E-state index contributed by atoms with van der Waals surface area (Å²) < 4.78 is 1.82. The summed E-state index contributed by atoms with van der Waals surface area (Å²) >= 11 is 6.31. The normalized spacial score (nSPS) is 13.0. The summed E-state index contributed by atoms with van der Waals surface area (Å²) in [5.74, 6) is -0.304. The average molecular weight is 308 g/mol. The van der Waals surface area contributed by atoms with Gasteiger partial charge in [0.2, 0.25) is 0 Å². The van der Waals surface area contributed by atoms with Crippen molar-refractivity contribution in [3.05, 3.63) is 88.2 Å². The molecule has 22 heavy (non-hydrogen) atoms. The predicted molar refractivity (Wildman–Crippen MR) is 84.1 cm³/mol. The van der Waals surface area contributed by atoms with Gasteiger partial charge in [-0.25, -0.2) is 0 Å². The summed E-state index contributed by atoms with van der Waals surface area (Å²) in [4.78, 5) is 25.3. The highest BCUT2D eigenvalue weighted by Gasteiger charge is 2.30. The minimum atomic E-state index is -0.161. The first-order chi connectivity index (χ1) is 10.7. The fourth-order valence-electron chi connectivity index (χ4n) is 2.80. The van der Waals surface area contributed by atoms with Gasteiger partial charge in [0.15, 0.2) is 11.6 Å². The van der Waals surface area contributed by atoms with Crippen LogP contribution >= 0.6 is 11.6 Å². The molecule has 1 aliphatic carbocycles. The number of halogens is 1. The van der Waals surface area contributed by atoms with Crippen molar-refractivity contribution in [3.8, 4) is 5.69 Å². The van der Waals surface area contributed by atoms with Gasteiger partial charge in [0.1, 0.15) is 0 Å². The summed E-state index contributed by atoms with van der Waals surface area (Å²) in [5, 5.41) is 0.440. The second-order valence-corrected chi connectivity index (χ2v) is 5.55. The number of ketones is 2. The number of fused-ring (bicyclic) bond motifs is 2. The van der Waals surface area contributed by atoms with Crippen LogP contribution in [0.15, 0.2) is 60.9 Å². The molecular weight excluding hydrogens is 298 g/mol. The first kappa shape index (κ1) is 13.0. The number of nitrogens with zero attached hydrogens (tertiary/aromatic N) is 1. The Morgan fingerprint density at radius 2 is 1.27 bits per heavy atom. The molecule has 106 valence electrons. The lowest BCUT2D eigenvalue weighted by molar-refractivity contribution is 0.0979. The van der Waals surface area contributed by atoms with E-state index in [1.807, 2.05) is 29.1 Å². The monoisotopic (exact) mass is 307 g/mol. The zero-order valence-electron chi connectivity index (χ0n) is 11.4. The van der Waals surface area contributed by atoms with Gasteiger partial charge in [0, 0.05) is 34.6 Å². The third-order valence-corrected chi connectivity index (χ3v) is 4.18. The van der Waals surface area contributed by atoms with Crippen molar-refractivity contribution >= 4 is 23.2 Å². The highest BCUT2D eigenvalue weighted by atomic mass is 35.5. The van der Waals surface area contributed by atoms with E-state index in [9.17, 15) is 9.59 Å². The van der Waals surface area contributed by atoms with Gasteiger partial charge in [-0.15, -0.1) is 0 Å². The SMILES string of the molecule is O=C1c2ccccc2C(=O)c2cc(-n3cccc3)c(Cl)cc21. The van der Waals surface area contributed by atoms with Crippen LogP contribution in [0.1, 0.15) is 31.8 Å². The number of rotatable bonds is 1. The third kappa shape index (κ3) is 1.76. The molecule has 2 aromatic carbocycles. The maximum Gasteiger partial charge on any atom is 0.194 e.